The van der Waals surface area contributed by atoms with Crippen LogP contribution < -0.4 is 20.1 Å². The van der Waals surface area contributed by atoms with Gasteiger partial charge in [-0.25, -0.2) is 4.79 Å². The minimum Gasteiger partial charge on any atom is -0.494 e. The zero-order valence-electron chi connectivity index (χ0n) is 27.3. The van der Waals surface area contributed by atoms with E-state index in [0.29, 0.717) is 23.4 Å². The quantitative estimate of drug-likeness (QED) is 0.202. The summed E-state index contributed by atoms with van der Waals surface area (Å²) < 4.78 is 14.1. The third-order valence-corrected chi connectivity index (χ3v) is 8.71. The third kappa shape index (κ3) is 6.88. The van der Waals surface area contributed by atoms with Gasteiger partial charge < -0.3 is 25.2 Å². The van der Waals surface area contributed by atoms with E-state index in [1.54, 1.807) is 0 Å². The Hall–Kier alpha value is -3.86. The van der Waals surface area contributed by atoms with Gasteiger partial charge in [-0.1, -0.05) is 45.0 Å². The molecule has 5 rings (SSSR count). The predicted octanol–water partition coefficient (Wildman–Crippen LogP) is 6.52. The van der Waals surface area contributed by atoms with Gasteiger partial charge in [-0.2, -0.15) is 0 Å². The summed E-state index contributed by atoms with van der Waals surface area (Å²) in [6.45, 7) is 10.3. The summed E-state index contributed by atoms with van der Waals surface area (Å²) in [5.74, 6) is 2.01. The van der Waals surface area contributed by atoms with Crippen molar-refractivity contribution in [2.75, 3.05) is 26.5 Å². The second kappa shape index (κ2) is 13.2. The number of nitrogens with one attached hydrogen (secondary N) is 2. The predicted molar refractivity (Wildman–Crippen MR) is 179 cm³/mol. The summed E-state index contributed by atoms with van der Waals surface area (Å²) >= 11 is 0. The lowest BCUT2D eigenvalue weighted by Crippen LogP contribution is -2.37. The molecule has 0 saturated carbocycles. The molecular weight excluding hydrogens is 592 g/mol. The van der Waals surface area contributed by atoms with E-state index in [-0.39, 0.29) is 48.1 Å². The number of nitrogens with zero attached hydrogens (tertiary/aromatic N) is 4. The number of hydrogen-bond acceptors (Lipinski definition) is 7. The summed E-state index contributed by atoms with van der Waals surface area (Å²) in [5, 5.41) is 25.0. The molecule has 2 atom stereocenters. The molecule has 0 fully saturated rings. The smallest absolute Gasteiger partial charge is 0.319 e. The molecule has 1 aliphatic carbocycles. The van der Waals surface area contributed by atoms with Crippen LogP contribution in [0, 0.1) is 0 Å². The standard InChI is InChI=1S/C34H44N6O4.ClH/c1-33(2,3)22-17-21(20-41)30(43-8)27(18-22)36-32(42)35-26-14-15-28(25-12-10-9-11-24(25)26)44-23-13-16-29-37-38-31(40(29)19-23)34(4,5)39(6)7;/h9-13,16-19,26,28,41H,14-15,20H2,1-8H3,(H2,35,36,42);1H/t26-,28+;/m0./s1. The summed E-state index contributed by atoms with van der Waals surface area (Å²) in [6.07, 6.45) is 3.19. The molecule has 45 heavy (non-hydrogen) atoms. The van der Waals surface area contributed by atoms with Crippen LogP contribution in [0.3, 0.4) is 0 Å². The van der Waals surface area contributed by atoms with Crippen LogP contribution in [0.1, 0.15) is 87.7 Å². The number of methoxy groups -OCH3 is 1. The zero-order valence-corrected chi connectivity index (χ0v) is 28.2. The molecule has 11 heteroatoms. The third-order valence-electron chi connectivity index (χ3n) is 8.71. The summed E-state index contributed by atoms with van der Waals surface area (Å²) in [6, 6.07) is 15.2. The van der Waals surface area contributed by atoms with Gasteiger partial charge in [0.1, 0.15) is 17.6 Å². The van der Waals surface area contributed by atoms with E-state index >= 15 is 0 Å². The van der Waals surface area contributed by atoms with Crippen LogP contribution in [0.15, 0.2) is 54.7 Å². The van der Waals surface area contributed by atoms with E-state index in [2.05, 4.69) is 66.4 Å². The number of carbonyl (C=O) groups is 1. The number of anilines is 1. The van der Waals surface area contributed by atoms with Crippen LogP contribution in [-0.4, -0.2) is 51.8 Å². The first-order valence-corrected chi connectivity index (χ1v) is 15.0. The Bertz CT molecular complexity index is 1660. The number of fused-ring (bicyclic) bond motifs is 2. The minimum absolute atomic E-state index is 0. The number of halogens is 1. The van der Waals surface area contributed by atoms with Crippen LogP contribution in [0.2, 0.25) is 0 Å². The first kappa shape index (κ1) is 34.0. The van der Waals surface area contributed by atoms with Gasteiger partial charge in [0.2, 0.25) is 0 Å². The molecule has 3 N–H and O–H groups in total. The summed E-state index contributed by atoms with van der Waals surface area (Å²) in [7, 11) is 5.59. The van der Waals surface area contributed by atoms with Crippen LogP contribution >= 0.6 is 12.4 Å². The topological polar surface area (TPSA) is 113 Å². The SMILES string of the molecule is COc1c(CO)cc(C(C)(C)C)cc1NC(=O)N[C@H]1CC[C@@H](Oc2ccc3nnc(C(C)(C)N(C)C)n3c2)c2ccccc21.Cl. The highest BCUT2D eigenvalue weighted by Crippen LogP contribution is 2.40. The Morgan fingerprint density at radius 3 is 2.40 bits per heavy atom. The molecule has 0 radical (unpaired) electrons. The van der Waals surface area contributed by atoms with E-state index in [9.17, 15) is 9.90 Å². The first-order valence-electron chi connectivity index (χ1n) is 15.0. The van der Waals surface area contributed by atoms with Gasteiger partial charge in [0, 0.05) is 5.56 Å². The van der Waals surface area contributed by atoms with Crippen molar-refractivity contribution in [3.63, 3.8) is 0 Å². The highest BCUT2D eigenvalue weighted by Gasteiger charge is 2.31. The second-order valence-corrected chi connectivity index (χ2v) is 13.2. The van der Waals surface area contributed by atoms with Crippen molar-refractivity contribution >= 4 is 29.8 Å². The molecule has 0 spiro atoms. The van der Waals surface area contributed by atoms with Crippen molar-refractivity contribution in [2.45, 2.75) is 77.2 Å². The van der Waals surface area contributed by atoms with E-state index in [1.165, 1.54) is 7.11 Å². The van der Waals surface area contributed by atoms with Crippen molar-refractivity contribution in [3.05, 3.63) is 82.8 Å². The van der Waals surface area contributed by atoms with Crippen molar-refractivity contribution in [1.82, 2.24) is 24.8 Å². The number of hydrogen-bond donors (Lipinski definition) is 3. The van der Waals surface area contributed by atoms with Crippen molar-refractivity contribution in [3.8, 4) is 11.5 Å². The van der Waals surface area contributed by atoms with Crippen molar-refractivity contribution in [2.24, 2.45) is 0 Å². The molecule has 0 bridgehead atoms. The van der Waals surface area contributed by atoms with Crippen LogP contribution in [-0.2, 0) is 17.6 Å². The number of aliphatic hydroxyl groups is 1. The molecule has 4 aromatic rings. The normalized spacial score (nSPS) is 16.6. The molecule has 2 aromatic heterocycles. The molecule has 0 aliphatic heterocycles. The second-order valence-electron chi connectivity index (χ2n) is 13.2. The van der Waals surface area contributed by atoms with Gasteiger partial charge in [0.25, 0.3) is 0 Å². The maximum atomic E-state index is 13.4. The number of amides is 2. The van der Waals surface area contributed by atoms with Crippen LogP contribution in [0.25, 0.3) is 5.65 Å². The number of urea groups is 1. The Morgan fingerprint density at radius 2 is 1.76 bits per heavy atom. The average Bonchev–Trinajstić information content (AvgIpc) is 3.41. The fourth-order valence-electron chi connectivity index (χ4n) is 5.64. The molecule has 2 amide bonds. The van der Waals surface area contributed by atoms with Gasteiger partial charge in [-0.05, 0) is 87.2 Å². The molecule has 10 nitrogen and oxygen atoms in total. The maximum Gasteiger partial charge on any atom is 0.319 e. The lowest BCUT2D eigenvalue weighted by atomic mass is 9.85. The van der Waals surface area contributed by atoms with E-state index in [0.717, 1.165) is 40.3 Å². The number of rotatable bonds is 8. The fraction of sp³-hybridized carbons (Fsp3) is 0.441. The fourth-order valence-corrected chi connectivity index (χ4v) is 5.64. The number of pyridine rings is 1. The number of ether oxygens (including phenoxy) is 2. The van der Waals surface area contributed by atoms with Crippen molar-refractivity contribution in [1.29, 1.82) is 0 Å². The molecule has 0 saturated heterocycles. The number of aliphatic hydroxyl groups excluding tert-OH is 1. The number of aromatic nitrogens is 3. The monoisotopic (exact) mass is 636 g/mol. The Labute approximate surface area is 271 Å². The highest BCUT2D eigenvalue weighted by atomic mass is 35.5. The molecule has 242 valence electrons. The summed E-state index contributed by atoms with van der Waals surface area (Å²) in [4.78, 5) is 15.5. The van der Waals surface area contributed by atoms with Crippen LogP contribution in [0.5, 0.6) is 11.5 Å². The van der Waals surface area contributed by atoms with Gasteiger partial charge in [0.05, 0.1) is 37.2 Å². The molecule has 2 heterocycles. The largest absolute Gasteiger partial charge is 0.494 e. The van der Waals surface area contributed by atoms with E-state index in [1.807, 2.05) is 67.2 Å². The molecule has 0 unspecified atom stereocenters. The van der Waals surface area contributed by atoms with Gasteiger partial charge in [-0.15, -0.1) is 22.6 Å². The Kier molecular flexibility index (Phi) is 10.0. The Morgan fingerprint density at radius 1 is 1.04 bits per heavy atom. The number of carbonyl (C=O) groups excluding carboxylic acids is 1. The van der Waals surface area contributed by atoms with E-state index in [4.69, 9.17) is 9.47 Å². The molecule has 1 aliphatic rings. The van der Waals surface area contributed by atoms with E-state index < -0.39 is 0 Å². The van der Waals surface area contributed by atoms with Gasteiger partial charge in [-0.3, -0.25) is 9.30 Å². The Balaban J connectivity index is 0.00000461. The highest BCUT2D eigenvalue weighted by molar-refractivity contribution is 5.92. The molecule has 2 aromatic carbocycles. The van der Waals surface area contributed by atoms with Crippen LogP contribution in [0.4, 0.5) is 10.5 Å². The lowest BCUT2D eigenvalue weighted by Gasteiger charge is -2.32. The summed E-state index contributed by atoms with van der Waals surface area (Å²) in [5.41, 5.74) is 4.45. The van der Waals surface area contributed by atoms with Crippen molar-refractivity contribution < 1.29 is 19.4 Å². The average molecular weight is 637 g/mol. The van der Waals surface area contributed by atoms with Gasteiger partial charge >= 0.3 is 6.03 Å². The molecular formula is C34H45ClN6O4. The first-order chi connectivity index (χ1) is 20.8. The minimum atomic E-state index is -0.341. The number of benzene rings is 2. The van der Waals surface area contributed by atoms with Gasteiger partial charge in [0.15, 0.2) is 11.5 Å². The zero-order chi connectivity index (χ0) is 31.8. The maximum absolute atomic E-state index is 13.4. The lowest BCUT2D eigenvalue weighted by molar-refractivity contribution is 0.170.